The zero-order valence-corrected chi connectivity index (χ0v) is 14.8. The lowest BCUT2D eigenvalue weighted by Crippen LogP contribution is -2.26. The minimum atomic E-state index is -0.214. The van der Waals surface area contributed by atoms with E-state index in [2.05, 4.69) is 17.5 Å². The van der Waals surface area contributed by atoms with E-state index >= 15 is 0 Å². The van der Waals surface area contributed by atoms with Crippen molar-refractivity contribution >= 4 is 23.9 Å². The summed E-state index contributed by atoms with van der Waals surface area (Å²) < 4.78 is 5.52. The fraction of sp³-hybridized carbons (Fsp3) is 0.263. The number of nitrogens with zero attached hydrogens (tertiary/aromatic N) is 1. The summed E-state index contributed by atoms with van der Waals surface area (Å²) in [4.78, 5) is 13.1. The second-order valence-electron chi connectivity index (χ2n) is 5.22. The van der Waals surface area contributed by atoms with E-state index in [1.54, 1.807) is 6.21 Å². The molecular formula is C19H22N2O2S. The second-order valence-corrected chi connectivity index (χ2v) is 6.64. The van der Waals surface area contributed by atoms with E-state index in [0.717, 1.165) is 22.6 Å². The monoisotopic (exact) mass is 342 g/mol. The van der Waals surface area contributed by atoms with Crippen molar-refractivity contribution < 1.29 is 9.53 Å². The van der Waals surface area contributed by atoms with Crippen LogP contribution in [0.15, 0.2) is 64.6 Å². The van der Waals surface area contributed by atoms with Crippen molar-refractivity contribution in [2.45, 2.75) is 30.4 Å². The summed E-state index contributed by atoms with van der Waals surface area (Å²) in [6.45, 7) is 4.64. The first-order valence-electron chi connectivity index (χ1n) is 7.96. The summed E-state index contributed by atoms with van der Waals surface area (Å²) in [6, 6.07) is 17.4. The first kappa shape index (κ1) is 18.1. The summed E-state index contributed by atoms with van der Waals surface area (Å²) in [6.07, 6.45) is 2.61. The predicted octanol–water partition coefficient (Wildman–Crippen LogP) is 4.11. The molecule has 0 unspecified atom stereocenters. The molecule has 2 aromatic carbocycles. The Labute approximate surface area is 147 Å². The van der Waals surface area contributed by atoms with Crippen molar-refractivity contribution in [3.8, 4) is 5.75 Å². The van der Waals surface area contributed by atoms with Gasteiger partial charge in [0.05, 0.1) is 18.1 Å². The van der Waals surface area contributed by atoms with Gasteiger partial charge >= 0.3 is 0 Å². The van der Waals surface area contributed by atoms with E-state index < -0.39 is 0 Å². The van der Waals surface area contributed by atoms with Gasteiger partial charge in [-0.1, -0.05) is 25.1 Å². The van der Waals surface area contributed by atoms with Crippen LogP contribution in [0.5, 0.6) is 5.75 Å². The van der Waals surface area contributed by atoms with Gasteiger partial charge in [0.1, 0.15) is 5.75 Å². The largest absolute Gasteiger partial charge is 0.494 e. The van der Waals surface area contributed by atoms with Gasteiger partial charge in [-0.25, -0.2) is 5.43 Å². The molecule has 0 spiro atoms. The number of thioether (sulfide) groups is 1. The molecule has 0 aliphatic rings. The molecule has 5 heteroatoms. The highest BCUT2D eigenvalue weighted by atomic mass is 32.2. The first-order valence-corrected chi connectivity index (χ1v) is 8.84. The Kier molecular flexibility index (Phi) is 7.36. The van der Waals surface area contributed by atoms with Crippen LogP contribution in [-0.4, -0.2) is 24.0 Å². The van der Waals surface area contributed by atoms with Crippen LogP contribution in [-0.2, 0) is 4.79 Å². The lowest BCUT2D eigenvalue weighted by Gasteiger charge is -2.09. The van der Waals surface area contributed by atoms with Gasteiger partial charge in [0.25, 0.3) is 5.91 Å². The zero-order valence-electron chi connectivity index (χ0n) is 13.9. The molecule has 1 N–H and O–H groups in total. The zero-order chi connectivity index (χ0) is 17.2. The van der Waals surface area contributed by atoms with Crippen molar-refractivity contribution in [2.24, 2.45) is 5.10 Å². The minimum Gasteiger partial charge on any atom is -0.494 e. The fourth-order valence-electron chi connectivity index (χ4n) is 1.89. The Morgan fingerprint density at radius 2 is 1.92 bits per heavy atom. The lowest BCUT2D eigenvalue weighted by molar-refractivity contribution is -0.120. The molecule has 0 heterocycles. The van der Waals surface area contributed by atoms with Crippen LogP contribution >= 0.6 is 11.8 Å². The lowest BCUT2D eigenvalue weighted by atomic mass is 10.2. The molecule has 0 saturated heterocycles. The molecule has 0 saturated carbocycles. The van der Waals surface area contributed by atoms with Crippen molar-refractivity contribution in [3.63, 3.8) is 0 Å². The van der Waals surface area contributed by atoms with Crippen molar-refractivity contribution in [1.29, 1.82) is 0 Å². The van der Waals surface area contributed by atoms with E-state index in [0.29, 0.717) is 6.61 Å². The first-order chi connectivity index (χ1) is 11.7. The van der Waals surface area contributed by atoms with Gasteiger partial charge in [0.2, 0.25) is 0 Å². The molecule has 0 fully saturated rings. The maximum Gasteiger partial charge on any atom is 0.253 e. The third kappa shape index (κ3) is 6.08. The predicted molar refractivity (Wildman–Crippen MR) is 99.7 cm³/mol. The van der Waals surface area contributed by atoms with E-state index in [1.807, 2.05) is 61.5 Å². The highest BCUT2D eigenvalue weighted by Crippen LogP contribution is 2.22. The Bertz CT molecular complexity index is 657. The van der Waals surface area contributed by atoms with E-state index in [4.69, 9.17) is 4.74 Å². The Balaban J connectivity index is 1.81. The highest BCUT2D eigenvalue weighted by molar-refractivity contribution is 8.00. The molecule has 0 aromatic heterocycles. The highest BCUT2D eigenvalue weighted by Gasteiger charge is 2.13. The normalized spacial score (nSPS) is 12.1. The van der Waals surface area contributed by atoms with Crippen molar-refractivity contribution in [2.75, 3.05) is 6.61 Å². The summed E-state index contributed by atoms with van der Waals surface area (Å²) >= 11 is 1.50. The average Bonchev–Trinajstić information content (AvgIpc) is 2.61. The molecule has 0 aliphatic heterocycles. The van der Waals surface area contributed by atoms with Crippen LogP contribution in [0.3, 0.4) is 0 Å². The molecule has 0 radical (unpaired) electrons. The molecule has 2 rings (SSSR count). The molecule has 1 atom stereocenters. The number of nitrogens with one attached hydrogen (secondary N) is 1. The second kappa shape index (κ2) is 9.78. The summed E-state index contributed by atoms with van der Waals surface area (Å²) in [7, 11) is 0. The van der Waals surface area contributed by atoms with Gasteiger partial charge in [-0.15, -0.1) is 11.8 Å². The van der Waals surface area contributed by atoms with Crippen molar-refractivity contribution in [1.82, 2.24) is 5.43 Å². The van der Waals surface area contributed by atoms with Crippen LogP contribution < -0.4 is 10.2 Å². The number of benzene rings is 2. The minimum absolute atomic E-state index is 0.122. The molecule has 24 heavy (non-hydrogen) atoms. The third-order valence-electron chi connectivity index (χ3n) is 3.17. The average molecular weight is 342 g/mol. The summed E-state index contributed by atoms with van der Waals surface area (Å²) in [5, 5.41) is 3.80. The number of carbonyl (C=O) groups is 1. The Morgan fingerprint density at radius 1 is 1.21 bits per heavy atom. The number of hydrogen-bond acceptors (Lipinski definition) is 4. The number of hydrazone groups is 1. The number of carbonyl (C=O) groups excluding carboxylic acids is 1. The third-order valence-corrected chi connectivity index (χ3v) is 4.28. The molecule has 2 aromatic rings. The van der Waals surface area contributed by atoms with Gasteiger partial charge in [0, 0.05) is 4.90 Å². The Morgan fingerprint density at radius 3 is 2.58 bits per heavy atom. The fourth-order valence-corrected chi connectivity index (χ4v) is 2.77. The molecule has 0 bridgehead atoms. The van der Waals surface area contributed by atoms with Crippen LogP contribution in [0.4, 0.5) is 0 Å². The van der Waals surface area contributed by atoms with Crippen molar-refractivity contribution in [3.05, 3.63) is 60.2 Å². The number of rotatable bonds is 8. The smallest absolute Gasteiger partial charge is 0.253 e. The van der Waals surface area contributed by atoms with E-state index in [-0.39, 0.29) is 11.2 Å². The van der Waals surface area contributed by atoms with E-state index in [9.17, 15) is 4.79 Å². The summed E-state index contributed by atoms with van der Waals surface area (Å²) in [5.41, 5.74) is 3.48. The van der Waals surface area contributed by atoms with Crippen LogP contribution in [0.1, 0.15) is 25.8 Å². The molecule has 0 aliphatic carbocycles. The molecular weight excluding hydrogens is 320 g/mol. The van der Waals surface area contributed by atoms with Gasteiger partial charge in [-0.2, -0.15) is 5.10 Å². The maximum atomic E-state index is 12.0. The van der Waals surface area contributed by atoms with Gasteiger partial charge in [-0.3, -0.25) is 4.79 Å². The number of hydrogen-bond donors (Lipinski definition) is 1. The quantitative estimate of drug-likeness (QED) is 0.446. The van der Waals surface area contributed by atoms with Gasteiger partial charge < -0.3 is 4.74 Å². The topological polar surface area (TPSA) is 50.7 Å². The van der Waals surface area contributed by atoms with Crippen LogP contribution in [0.2, 0.25) is 0 Å². The van der Waals surface area contributed by atoms with E-state index in [1.165, 1.54) is 11.8 Å². The SMILES string of the molecule is CCCOc1ccc(/C=N\NC(=O)[C@@H](C)Sc2ccccc2)cc1. The standard InChI is InChI=1S/C19H22N2O2S/c1-3-13-23-17-11-9-16(10-12-17)14-20-21-19(22)15(2)24-18-7-5-4-6-8-18/h4-12,14-15H,3,13H2,1-2H3,(H,21,22)/b20-14-/t15-/m1/s1. The number of amides is 1. The summed E-state index contributed by atoms with van der Waals surface area (Å²) in [5.74, 6) is 0.717. The van der Waals surface area contributed by atoms with Gasteiger partial charge in [-0.05, 0) is 55.3 Å². The van der Waals surface area contributed by atoms with Gasteiger partial charge in [0.15, 0.2) is 0 Å². The molecule has 1 amide bonds. The van der Waals surface area contributed by atoms with Crippen LogP contribution in [0.25, 0.3) is 0 Å². The van der Waals surface area contributed by atoms with Crippen LogP contribution in [0, 0.1) is 0 Å². The molecule has 126 valence electrons. The Hall–Kier alpha value is -2.27. The maximum absolute atomic E-state index is 12.0. The number of ether oxygens (including phenoxy) is 1. The molecule has 4 nitrogen and oxygen atoms in total.